The molecule has 1 aliphatic rings. The van der Waals surface area contributed by atoms with Gasteiger partial charge < -0.3 is 9.42 Å². The summed E-state index contributed by atoms with van der Waals surface area (Å²) in [6, 6.07) is 9.85. The van der Waals surface area contributed by atoms with Crippen LogP contribution in [0.15, 0.2) is 40.9 Å². The van der Waals surface area contributed by atoms with E-state index in [1.807, 2.05) is 55.2 Å². The van der Waals surface area contributed by atoms with Crippen molar-refractivity contribution in [1.29, 1.82) is 0 Å². The summed E-state index contributed by atoms with van der Waals surface area (Å²) >= 11 is 0. The van der Waals surface area contributed by atoms with E-state index in [1.54, 1.807) is 6.08 Å². The Kier molecular flexibility index (Phi) is 5.08. The van der Waals surface area contributed by atoms with Gasteiger partial charge in [0.2, 0.25) is 11.8 Å². The molecule has 2 heterocycles. The Morgan fingerprint density at radius 3 is 2.83 bits per heavy atom. The van der Waals surface area contributed by atoms with E-state index < -0.39 is 0 Å². The van der Waals surface area contributed by atoms with Crippen molar-refractivity contribution in [3.05, 3.63) is 53.7 Å². The standard InChI is InChI=1S/C19H23N3O2/c1-14(2)18-20-19(24-21-18)16-9-6-12-22(13-16)17(23)11-10-15-7-4-3-5-8-15/h3-5,7-8,10-11,14,16H,6,9,12-13H2,1-2H3. The van der Waals surface area contributed by atoms with Crippen LogP contribution in [-0.4, -0.2) is 34.0 Å². The molecule has 0 saturated carbocycles. The summed E-state index contributed by atoms with van der Waals surface area (Å²) in [6.07, 6.45) is 5.43. The summed E-state index contributed by atoms with van der Waals surface area (Å²) in [7, 11) is 0. The predicted octanol–water partition coefficient (Wildman–Crippen LogP) is 3.61. The summed E-state index contributed by atoms with van der Waals surface area (Å²) < 4.78 is 5.41. The van der Waals surface area contributed by atoms with Gasteiger partial charge in [-0.2, -0.15) is 4.98 Å². The normalized spacial score (nSPS) is 18.5. The first-order chi connectivity index (χ1) is 11.6. The Hall–Kier alpha value is -2.43. The summed E-state index contributed by atoms with van der Waals surface area (Å²) in [5, 5.41) is 4.03. The van der Waals surface area contributed by atoms with Gasteiger partial charge in [-0.15, -0.1) is 0 Å². The van der Waals surface area contributed by atoms with Gasteiger partial charge in [0.15, 0.2) is 5.82 Å². The molecule has 126 valence electrons. The average Bonchev–Trinajstić information content (AvgIpc) is 3.11. The molecule has 0 N–H and O–H groups in total. The van der Waals surface area contributed by atoms with Gasteiger partial charge in [-0.05, 0) is 24.5 Å². The van der Waals surface area contributed by atoms with Crippen molar-refractivity contribution in [2.75, 3.05) is 13.1 Å². The van der Waals surface area contributed by atoms with E-state index in [9.17, 15) is 4.79 Å². The van der Waals surface area contributed by atoms with Crippen LogP contribution >= 0.6 is 0 Å². The van der Waals surface area contributed by atoms with Crippen molar-refractivity contribution >= 4 is 12.0 Å². The zero-order chi connectivity index (χ0) is 16.9. The quantitative estimate of drug-likeness (QED) is 0.806. The fraction of sp³-hybridized carbons (Fsp3) is 0.421. The van der Waals surface area contributed by atoms with Crippen molar-refractivity contribution in [1.82, 2.24) is 15.0 Å². The van der Waals surface area contributed by atoms with Crippen molar-refractivity contribution in [2.45, 2.75) is 38.5 Å². The van der Waals surface area contributed by atoms with Crippen LogP contribution in [0.25, 0.3) is 6.08 Å². The number of aromatic nitrogens is 2. The molecule has 0 radical (unpaired) electrons. The Bertz CT molecular complexity index is 706. The van der Waals surface area contributed by atoms with Crippen molar-refractivity contribution in [3.8, 4) is 0 Å². The van der Waals surface area contributed by atoms with Crippen LogP contribution in [-0.2, 0) is 4.79 Å². The van der Waals surface area contributed by atoms with E-state index in [-0.39, 0.29) is 17.7 Å². The molecule has 0 aliphatic carbocycles. The number of amides is 1. The maximum atomic E-state index is 12.4. The fourth-order valence-electron chi connectivity index (χ4n) is 2.86. The number of hydrogen-bond acceptors (Lipinski definition) is 4. The van der Waals surface area contributed by atoms with E-state index in [1.165, 1.54) is 0 Å². The Labute approximate surface area is 142 Å². The minimum Gasteiger partial charge on any atom is -0.339 e. The lowest BCUT2D eigenvalue weighted by molar-refractivity contribution is -0.127. The van der Waals surface area contributed by atoms with Crippen molar-refractivity contribution in [3.63, 3.8) is 0 Å². The molecule has 0 spiro atoms. The molecule has 1 saturated heterocycles. The van der Waals surface area contributed by atoms with Crippen molar-refractivity contribution < 1.29 is 9.32 Å². The molecule has 1 fully saturated rings. The SMILES string of the molecule is CC(C)c1noc(C2CCCN(C(=O)C=Cc3ccccc3)C2)n1. The molecule has 1 amide bonds. The number of nitrogens with zero attached hydrogens (tertiary/aromatic N) is 3. The van der Waals surface area contributed by atoms with Gasteiger partial charge in [-0.1, -0.05) is 49.3 Å². The molecule has 3 rings (SSSR count). The maximum Gasteiger partial charge on any atom is 0.246 e. The third-order valence-corrected chi connectivity index (χ3v) is 4.27. The van der Waals surface area contributed by atoms with E-state index in [4.69, 9.17) is 4.52 Å². The Morgan fingerprint density at radius 1 is 1.33 bits per heavy atom. The van der Waals surface area contributed by atoms with Crippen LogP contribution in [0.3, 0.4) is 0 Å². The first-order valence-electron chi connectivity index (χ1n) is 8.49. The largest absolute Gasteiger partial charge is 0.339 e. The molecule has 1 aromatic carbocycles. The first kappa shape index (κ1) is 16.4. The highest BCUT2D eigenvalue weighted by molar-refractivity contribution is 5.91. The van der Waals surface area contributed by atoms with Crippen LogP contribution in [0, 0.1) is 0 Å². The summed E-state index contributed by atoms with van der Waals surface area (Å²) in [4.78, 5) is 18.8. The van der Waals surface area contributed by atoms with Crippen LogP contribution in [0.1, 0.15) is 55.8 Å². The van der Waals surface area contributed by atoms with Gasteiger partial charge in [0, 0.05) is 25.1 Å². The molecular weight excluding hydrogens is 302 g/mol. The van der Waals surface area contributed by atoms with E-state index in [2.05, 4.69) is 10.1 Å². The lowest BCUT2D eigenvalue weighted by Crippen LogP contribution is -2.38. The number of likely N-dealkylation sites (tertiary alicyclic amines) is 1. The van der Waals surface area contributed by atoms with Crippen LogP contribution in [0.2, 0.25) is 0 Å². The van der Waals surface area contributed by atoms with E-state index in [0.29, 0.717) is 12.4 Å². The number of carbonyl (C=O) groups is 1. The molecule has 24 heavy (non-hydrogen) atoms. The summed E-state index contributed by atoms with van der Waals surface area (Å²) in [5.74, 6) is 1.80. The molecule has 1 aliphatic heterocycles. The molecular formula is C19H23N3O2. The third-order valence-electron chi connectivity index (χ3n) is 4.27. The lowest BCUT2D eigenvalue weighted by atomic mass is 9.98. The van der Waals surface area contributed by atoms with Gasteiger partial charge in [0.05, 0.1) is 5.92 Å². The number of benzene rings is 1. The van der Waals surface area contributed by atoms with Crippen molar-refractivity contribution in [2.24, 2.45) is 0 Å². The topological polar surface area (TPSA) is 59.2 Å². The monoisotopic (exact) mass is 325 g/mol. The van der Waals surface area contributed by atoms with Gasteiger partial charge in [-0.25, -0.2) is 0 Å². The Morgan fingerprint density at radius 2 is 2.12 bits per heavy atom. The van der Waals surface area contributed by atoms with Gasteiger partial charge in [0.25, 0.3) is 0 Å². The lowest BCUT2D eigenvalue weighted by Gasteiger charge is -2.30. The van der Waals surface area contributed by atoms with Gasteiger partial charge in [0.1, 0.15) is 0 Å². The number of hydrogen-bond donors (Lipinski definition) is 0. The zero-order valence-electron chi connectivity index (χ0n) is 14.2. The highest BCUT2D eigenvalue weighted by atomic mass is 16.5. The second-order valence-electron chi connectivity index (χ2n) is 6.51. The average molecular weight is 325 g/mol. The molecule has 1 unspecified atom stereocenters. The van der Waals surface area contributed by atoms with Crippen LogP contribution in [0.4, 0.5) is 0 Å². The summed E-state index contributed by atoms with van der Waals surface area (Å²) in [6.45, 7) is 5.50. The third kappa shape index (κ3) is 3.91. The molecule has 2 aromatic rings. The van der Waals surface area contributed by atoms with Crippen LogP contribution < -0.4 is 0 Å². The zero-order valence-corrected chi connectivity index (χ0v) is 14.2. The minimum absolute atomic E-state index is 0.0344. The molecule has 1 aromatic heterocycles. The molecule has 5 heteroatoms. The number of rotatable bonds is 4. The van der Waals surface area contributed by atoms with Gasteiger partial charge >= 0.3 is 0 Å². The maximum absolute atomic E-state index is 12.4. The molecule has 5 nitrogen and oxygen atoms in total. The molecule has 1 atom stereocenters. The van der Waals surface area contributed by atoms with E-state index >= 15 is 0 Å². The second kappa shape index (κ2) is 7.43. The van der Waals surface area contributed by atoms with Gasteiger partial charge in [-0.3, -0.25) is 4.79 Å². The second-order valence-corrected chi connectivity index (χ2v) is 6.51. The minimum atomic E-state index is 0.0344. The molecule has 0 bridgehead atoms. The smallest absolute Gasteiger partial charge is 0.246 e. The number of carbonyl (C=O) groups excluding carboxylic acids is 1. The predicted molar refractivity (Wildman–Crippen MR) is 92.4 cm³/mol. The summed E-state index contributed by atoms with van der Waals surface area (Å²) in [5.41, 5.74) is 1.03. The Balaban J connectivity index is 1.64. The van der Waals surface area contributed by atoms with E-state index in [0.717, 1.165) is 30.8 Å². The highest BCUT2D eigenvalue weighted by Crippen LogP contribution is 2.27. The first-order valence-corrected chi connectivity index (χ1v) is 8.49. The highest BCUT2D eigenvalue weighted by Gasteiger charge is 2.28. The number of piperidine rings is 1. The van der Waals surface area contributed by atoms with Crippen LogP contribution in [0.5, 0.6) is 0 Å². The fourth-order valence-corrected chi connectivity index (χ4v) is 2.86.